The van der Waals surface area contributed by atoms with E-state index < -0.39 is 0 Å². The minimum absolute atomic E-state index is 0.0166. The molecule has 0 aliphatic carbocycles. The van der Waals surface area contributed by atoms with Crippen LogP contribution >= 0.6 is 15.9 Å². The summed E-state index contributed by atoms with van der Waals surface area (Å²) in [6, 6.07) is 16.0. The summed E-state index contributed by atoms with van der Waals surface area (Å²) in [5.41, 5.74) is 2.72. The smallest absolute Gasteiger partial charge is 0.264 e. The molecule has 0 fully saturated rings. The van der Waals surface area contributed by atoms with Gasteiger partial charge in [-0.15, -0.1) is 0 Å². The number of ketones is 1. The van der Waals surface area contributed by atoms with Crippen LogP contribution in [0.4, 0.5) is 0 Å². The Kier molecular flexibility index (Phi) is 5.23. The van der Waals surface area contributed by atoms with E-state index in [0.29, 0.717) is 12.0 Å². The van der Waals surface area contributed by atoms with Crippen LogP contribution in [0.1, 0.15) is 41.9 Å². The van der Waals surface area contributed by atoms with E-state index >= 15 is 0 Å². The Morgan fingerprint density at radius 3 is 2.70 bits per heavy atom. The number of aromatic nitrogens is 1. The van der Waals surface area contributed by atoms with E-state index in [4.69, 9.17) is 4.42 Å². The van der Waals surface area contributed by atoms with Gasteiger partial charge in [-0.2, -0.15) is 0 Å². The molecule has 0 saturated heterocycles. The number of carbonyl (C=O) groups excluding carboxylic acids is 1. The number of hydrogen-bond acceptors (Lipinski definition) is 3. The molecule has 1 heterocycles. The van der Waals surface area contributed by atoms with Gasteiger partial charge in [0.15, 0.2) is 5.58 Å². The van der Waals surface area contributed by atoms with Crippen molar-refractivity contribution in [3.63, 3.8) is 0 Å². The Morgan fingerprint density at radius 1 is 1.04 bits per heavy atom. The summed E-state index contributed by atoms with van der Waals surface area (Å²) in [7, 11) is 0. The van der Waals surface area contributed by atoms with Crippen LogP contribution in [0.5, 0.6) is 0 Å². The zero-order valence-electron chi connectivity index (χ0n) is 12.8. The second kappa shape index (κ2) is 7.55. The minimum Gasteiger partial charge on any atom is -0.434 e. The Bertz CT molecular complexity index is 795. The van der Waals surface area contributed by atoms with E-state index in [-0.39, 0.29) is 11.7 Å². The van der Waals surface area contributed by atoms with Crippen molar-refractivity contribution in [3.05, 3.63) is 64.5 Å². The van der Waals surface area contributed by atoms with Crippen LogP contribution in [0.15, 0.2) is 57.4 Å². The first kappa shape index (κ1) is 15.9. The molecular formula is C19H18BrNO2. The standard InChI is InChI=1S/C19H18BrNO2/c20-15-11-12-16-18(13-15)23-19(21-16)17(22)10-6-2-5-9-14-7-3-1-4-8-14/h1,3-4,7-8,11-13H,2,5-6,9-10H2. The van der Waals surface area contributed by atoms with Gasteiger partial charge in [0.2, 0.25) is 5.78 Å². The predicted molar refractivity (Wildman–Crippen MR) is 94.7 cm³/mol. The molecule has 0 spiro atoms. The number of unbranched alkanes of at least 4 members (excludes halogenated alkanes) is 2. The number of hydrogen-bond donors (Lipinski definition) is 0. The van der Waals surface area contributed by atoms with E-state index in [1.165, 1.54) is 5.56 Å². The molecule has 0 aliphatic heterocycles. The van der Waals surface area contributed by atoms with Gasteiger partial charge in [-0.3, -0.25) is 4.79 Å². The molecule has 0 radical (unpaired) electrons. The Morgan fingerprint density at radius 2 is 1.87 bits per heavy atom. The van der Waals surface area contributed by atoms with E-state index in [1.54, 1.807) is 0 Å². The highest BCUT2D eigenvalue weighted by Crippen LogP contribution is 2.21. The second-order valence-electron chi connectivity index (χ2n) is 5.60. The lowest BCUT2D eigenvalue weighted by molar-refractivity contribution is 0.0947. The summed E-state index contributed by atoms with van der Waals surface area (Å²) < 4.78 is 6.46. The molecule has 3 rings (SSSR count). The lowest BCUT2D eigenvalue weighted by Crippen LogP contribution is -1.99. The molecule has 0 amide bonds. The van der Waals surface area contributed by atoms with Gasteiger partial charge in [0, 0.05) is 10.9 Å². The number of fused-ring (bicyclic) bond motifs is 1. The molecule has 23 heavy (non-hydrogen) atoms. The highest BCUT2D eigenvalue weighted by atomic mass is 79.9. The highest BCUT2D eigenvalue weighted by molar-refractivity contribution is 9.10. The molecule has 3 nitrogen and oxygen atoms in total. The van der Waals surface area contributed by atoms with Crippen molar-refractivity contribution in [2.45, 2.75) is 32.1 Å². The predicted octanol–water partition coefficient (Wildman–Crippen LogP) is 5.58. The largest absolute Gasteiger partial charge is 0.434 e. The molecule has 4 heteroatoms. The number of oxazole rings is 1. The van der Waals surface area contributed by atoms with Crippen LogP contribution < -0.4 is 0 Å². The van der Waals surface area contributed by atoms with E-state index in [9.17, 15) is 4.79 Å². The minimum atomic E-state index is -0.0166. The quantitative estimate of drug-likeness (QED) is 0.402. The third-order valence-electron chi connectivity index (χ3n) is 3.80. The lowest BCUT2D eigenvalue weighted by Gasteiger charge is -2.00. The topological polar surface area (TPSA) is 43.1 Å². The number of Topliss-reactive ketones (excluding diaryl/α,β-unsaturated/α-hetero) is 1. The molecular weight excluding hydrogens is 354 g/mol. The van der Waals surface area contributed by atoms with Gasteiger partial charge in [0.1, 0.15) is 5.52 Å². The summed E-state index contributed by atoms with van der Waals surface area (Å²) in [5, 5.41) is 0. The van der Waals surface area contributed by atoms with Crippen LogP contribution in [0.2, 0.25) is 0 Å². The summed E-state index contributed by atoms with van der Waals surface area (Å²) >= 11 is 3.38. The number of rotatable bonds is 7. The van der Waals surface area contributed by atoms with Crippen molar-refractivity contribution in [2.24, 2.45) is 0 Å². The molecule has 0 unspecified atom stereocenters. The fourth-order valence-corrected chi connectivity index (χ4v) is 2.90. The Hall–Kier alpha value is -1.94. The SMILES string of the molecule is O=C(CCCCCc1ccccc1)c1nc2ccc(Br)cc2o1. The molecule has 0 atom stereocenters. The highest BCUT2D eigenvalue weighted by Gasteiger charge is 2.14. The average Bonchev–Trinajstić information content (AvgIpc) is 2.98. The van der Waals surface area contributed by atoms with E-state index in [0.717, 1.165) is 35.7 Å². The fraction of sp³-hybridized carbons (Fsp3) is 0.263. The molecule has 1 aromatic heterocycles. The number of aryl methyl sites for hydroxylation is 1. The average molecular weight is 372 g/mol. The first-order valence-corrected chi connectivity index (χ1v) is 8.65. The molecule has 0 N–H and O–H groups in total. The molecule has 118 valence electrons. The van der Waals surface area contributed by atoms with Crippen LogP contribution in [-0.2, 0) is 6.42 Å². The van der Waals surface area contributed by atoms with Crippen LogP contribution in [0.25, 0.3) is 11.1 Å². The van der Waals surface area contributed by atoms with Gasteiger partial charge in [-0.05, 0) is 43.0 Å². The number of benzene rings is 2. The van der Waals surface area contributed by atoms with Gasteiger partial charge in [0.05, 0.1) is 0 Å². The maximum absolute atomic E-state index is 12.2. The zero-order chi connectivity index (χ0) is 16.1. The molecule has 3 aromatic rings. The Labute approximate surface area is 143 Å². The fourth-order valence-electron chi connectivity index (χ4n) is 2.56. The summed E-state index contributed by atoms with van der Waals surface area (Å²) in [4.78, 5) is 16.4. The third-order valence-corrected chi connectivity index (χ3v) is 4.29. The molecule has 2 aromatic carbocycles. The first-order valence-electron chi connectivity index (χ1n) is 7.85. The van der Waals surface area contributed by atoms with Crippen LogP contribution in [0, 0.1) is 0 Å². The molecule has 0 saturated carbocycles. The van der Waals surface area contributed by atoms with E-state index in [1.807, 2.05) is 24.3 Å². The number of halogens is 1. The molecule has 0 aliphatic rings. The number of nitrogens with zero attached hydrogens (tertiary/aromatic N) is 1. The van der Waals surface area contributed by atoms with Crippen molar-refractivity contribution in [2.75, 3.05) is 0 Å². The van der Waals surface area contributed by atoms with E-state index in [2.05, 4.69) is 45.2 Å². The first-order chi connectivity index (χ1) is 11.2. The monoisotopic (exact) mass is 371 g/mol. The van der Waals surface area contributed by atoms with Crippen molar-refractivity contribution in [1.29, 1.82) is 0 Å². The second-order valence-corrected chi connectivity index (χ2v) is 6.52. The van der Waals surface area contributed by atoms with Crippen LogP contribution in [0.3, 0.4) is 0 Å². The van der Waals surface area contributed by atoms with Gasteiger partial charge in [-0.1, -0.05) is 52.7 Å². The maximum atomic E-state index is 12.2. The van der Waals surface area contributed by atoms with Gasteiger partial charge >= 0.3 is 0 Å². The van der Waals surface area contributed by atoms with Crippen molar-refractivity contribution < 1.29 is 9.21 Å². The van der Waals surface area contributed by atoms with Gasteiger partial charge in [0.25, 0.3) is 5.89 Å². The normalized spacial score (nSPS) is 11.0. The van der Waals surface area contributed by atoms with Crippen LogP contribution in [-0.4, -0.2) is 10.8 Å². The van der Waals surface area contributed by atoms with Crippen molar-refractivity contribution in [1.82, 2.24) is 4.98 Å². The van der Waals surface area contributed by atoms with Gasteiger partial charge < -0.3 is 4.42 Å². The summed E-state index contributed by atoms with van der Waals surface area (Å²) in [6.45, 7) is 0. The number of carbonyl (C=O) groups is 1. The summed E-state index contributed by atoms with van der Waals surface area (Å²) in [5.74, 6) is 0.207. The maximum Gasteiger partial charge on any atom is 0.264 e. The van der Waals surface area contributed by atoms with Crippen molar-refractivity contribution >= 4 is 32.8 Å². The Balaban J connectivity index is 1.47. The van der Waals surface area contributed by atoms with Gasteiger partial charge in [-0.25, -0.2) is 4.98 Å². The molecule has 0 bridgehead atoms. The zero-order valence-corrected chi connectivity index (χ0v) is 14.4. The summed E-state index contributed by atoms with van der Waals surface area (Å²) in [6.07, 6.45) is 4.55. The van der Waals surface area contributed by atoms with Crippen molar-refractivity contribution in [3.8, 4) is 0 Å². The third kappa shape index (κ3) is 4.29. The lowest BCUT2D eigenvalue weighted by atomic mass is 10.1.